The van der Waals surface area contributed by atoms with Crippen molar-refractivity contribution in [3.63, 3.8) is 0 Å². The fourth-order valence-electron chi connectivity index (χ4n) is 0.0896. The first-order valence-electron chi connectivity index (χ1n) is 1.82. The second kappa shape index (κ2) is 4.51. The summed E-state index contributed by atoms with van der Waals surface area (Å²) in [5.41, 5.74) is 0. The summed E-state index contributed by atoms with van der Waals surface area (Å²) in [6.07, 6.45) is 0. The number of rotatable bonds is 3. The third-order valence-electron chi connectivity index (χ3n) is 0.247. The zero-order valence-electron chi connectivity index (χ0n) is 4.54. The smallest absolute Gasteiger partial charge is 0.267 e. The fraction of sp³-hybridized carbons (Fsp3) is 0.667. The monoisotopic (exact) mass is 122 g/mol. The molecule has 0 saturated carbocycles. The number of carbonyl (C=O) groups excluding carboxylic acids is 1. The van der Waals surface area contributed by atoms with Crippen molar-refractivity contribution in [3.8, 4) is 0 Å². The first-order valence-corrected chi connectivity index (χ1v) is 1.82. The Labute approximate surface area is 45.9 Å². The molecule has 0 amide bonds. The predicted molar refractivity (Wildman–Crippen MR) is 20.9 cm³/mol. The first kappa shape index (κ1) is 7.35. The molecule has 0 fully saturated rings. The van der Waals surface area contributed by atoms with Gasteiger partial charge in [-0.2, -0.15) is 0 Å². The molecule has 0 aromatic rings. The maximum atomic E-state index is 9.84. The van der Waals surface area contributed by atoms with Gasteiger partial charge in [0.2, 0.25) is 0 Å². The molecule has 0 radical (unpaired) electrons. The molecule has 0 aromatic carbocycles. The molecule has 5 heteroatoms. The van der Waals surface area contributed by atoms with Crippen LogP contribution in [0.1, 0.15) is 6.92 Å². The Morgan fingerprint density at radius 3 is 2.38 bits per heavy atom. The molecule has 0 saturated heterocycles. The average molecular weight is 122 g/mol. The Morgan fingerprint density at radius 2 is 2.00 bits per heavy atom. The van der Waals surface area contributed by atoms with Crippen molar-refractivity contribution >= 4 is 5.97 Å². The van der Waals surface area contributed by atoms with E-state index in [9.17, 15) is 4.79 Å². The zero-order valence-corrected chi connectivity index (χ0v) is 4.54. The SMILES string of the molecule is COOOOC(C)=O. The number of hydrogen-bond donors (Lipinski definition) is 0. The quantitative estimate of drug-likeness (QED) is 0.299. The van der Waals surface area contributed by atoms with Crippen LogP contribution in [-0.2, 0) is 24.6 Å². The molecule has 5 nitrogen and oxygen atoms in total. The molecular weight excluding hydrogens is 116 g/mol. The normalized spacial score (nSPS) is 8.75. The standard InChI is InChI=1S/C3H6O5/c1-3(4)6-8-7-5-2/h1-2H3. The van der Waals surface area contributed by atoms with Gasteiger partial charge in [0.15, 0.2) is 0 Å². The summed E-state index contributed by atoms with van der Waals surface area (Å²) in [6.45, 7) is 1.17. The van der Waals surface area contributed by atoms with Crippen LogP contribution < -0.4 is 0 Å². The summed E-state index contributed by atoms with van der Waals surface area (Å²) in [7, 11) is 1.21. The Kier molecular flexibility index (Phi) is 4.14. The third-order valence-corrected chi connectivity index (χ3v) is 0.247. The average Bonchev–Trinajstić information content (AvgIpc) is 1.66. The molecule has 0 aliphatic carbocycles. The van der Waals surface area contributed by atoms with E-state index >= 15 is 0 Å². The Hall–Kier alpha value is -0.650. The van der Waals surface area contributed by atoms with Crippen LogP contribution >= 0.6 is 0 Å². The second-order valence-corrected chi connectivity index (χ2v) is 0.878. The van der Waals surface area contributed by atoms with E-state index in [1.54, 1.807) is 0 Å². The molecule has 0 spiro atoms. The van der Waals surface area contributed by atoms with Crippen LogP contribution in [0.5, 0.6) is 0 Å². The van der Waals surface area contributed by atoms with Crippen LogP contribution in [0.15, 0.2) is 0 Å². The van der Waals surface area contributed by atoms with Gasteiger partial charge in [-0.1, -0.05) is 0 Å². The van der Waals surface area contributed by atoms with Gasteiger partial charge in [0.05, 0.1) is 7.11 Å². The first-order chi connectivity index (χ1) is 3.77. The maximum absolute atomic E-state index is 9.84. The van der Waals surface area contributed by atoms with Crippen molar-refractivity contribution in [3.05, 3.63) is 0 Å². The number of hydrogen-bond acceptors (Lipinski definition) is 5. The lowest BCUT2D eigenvalue weighted by atomic mass is 10.9. The predicted octanol–water partition coefficient (Wildman–Crippen LogP) is -0.0259. The van der Waals surface area contributed by atoms with Crippen LogP contribution in [0, 0.1) is 0 Å². The van der Waals surface area contributed by atoms with Crippen molar-refractivity contribution in [2.24, 2.45) is 0 Å². The van der Waals surface area contributed by atoms with Gasteiger partial charge >= 0.3 is 5.97 Å². The lowest BCUT2D eigenvalue weighted by molar-refractivity contribution is -0.611. The van der Waals surface area contributed by atoms with E-state index in [2.05, 4.69) is 19.9 Å². The van der Waals surface area contributed by atoms with Crippen molar-refractivity contribution < 1.29 is 24.6 Å². The Morgan fingerprint density at radius 1 is 1.38 bits per heavy atom. The highest BCUT2D eigenvalue weighted by Crippen LogP contribution is 1.80. The summed E-state index contributed by atoms with van der Waals surface area (Å²) in [5.74, 6) is -0.609. The highest BCUT2D eigenvalue weighted by atomic mass is 17.7. The van der Waals surface area contributed by atoms with Gasteiger partial charge < -0.3 is 0 Å². The fourth-order valence-corrected chi connectivity index (χ4v) is 0.0896. The lowest BCUT2D eigenvalue weighted by Gasteiger charge is -1.93. The van der Waals surface area contributed by atoms with Gasteiger partial charge in [-0.05, 0) is 5.04 Å². The minimum atomic E-state index is -0.609. The number of carbonyl (C=O) groups is 1. The Balaban J connectivity index is 2.82. The van der Waals surface area contributed by atoms with Gasteiger partial charge in [0, 0.05) is 12.0 Å². The summed E-state index contributed by atoms with van der Waals surface area (Å²) in [4.78, 5) is 17.5. The summed E-state index contributed by atoms with van der Waals surface area (Å²) >= 11 is 0. The van der Waals surface area contributed by atoms with Gasteiger partial charge in [0.25, 0.3) is 0 Å². The minimum absolute atomic E-state index is 0.609. The van der Waals surface area contributed by atoms with Gasteiger partial charge in [-0.3, -0.25) is 4.89 Å². The van der Waals surface area contributed by atoms with Crippen LogP contribution in [-0.4, -0.2) is 13.1 Å². The molecule has 0 aliphatic rings. The second-order valence-electron chi connectivity index (χ2n) is 0.878. The molecule has 0 N–H and O–H groups in total. The third kappa shape index (κ3) is 5.35. The molecule has 8 heavy (non-hydrogen) atoms. The van der Waals surface area contributed by atoms with E-state index in [1.165, 1.54) is 14.0 Å². The molecule has 0 bridgehead atoms. The van der Waals surface area contributed by atoms with E-state index in [4.69, 9.17) is 0 Å². The van der Waals surface area contributed by atoms with Gasteiger partial charge in [-0.25, -0.2) is 9.68 Å². The van der Waals surface area contributed by atoms with Gasteiger partial charge in [-0.15, -0.1) is 0 Å². The summed E-state index contributed by atoms with van der Waals surface area (Å²) in [6, 6.07) is 0. The highest BCUT2D eigenvalue weighted by Gasteiger charge is 1.91. The molecule has 0 unspecified atom stereocenters. The van der Waals surface area contributed by atoms with Crippen molar-refractivity contribution in [2.75, 3.05) is 7.11 Å². The zero-order chi connectivity index (χ0) is 6.41. The lowest BCUT2D eigenvalue weighted by Crippen LogP contribution is -2.00. The molecule has 0 atom stereocenters. The van der Waals surface area contributed by atoms with Crippen molar-refractivity contribution in [2.45, 2.75) is 6.92 Å². The minimum Gasteiger partial charge on any atom is -0.267 e. The van der Waals surface area contributed by atoms with E-state index in [1.807, 2.05) is 0 Å². The van der Waals surface area contributed by atoms with E-state index in [-0.39, 0.29) is 0 Å². The largest absolute Gasteiger partial charge is 0.342 e. The molecule has 0 rings (SSSR count). The van der Waals surface area contributed by atoms with Crippen molar-refractivity contribution in [1.29, 1.82) is 0 Å². The maximum Gasteiger partial charge on any atom is 0.342 e. The van der Waals surface area contributed by atoms with E-state index in [0.717, 1.165) is 0 Å². The summed E-state index contributed by atoms with van der Waals surface area (Å²) < 4.78 is 0. The van der Waals surface area contributed by atoms with Crippen molar-refractivity contribution in [1.82, 2.24) is 0 Å². The van der Waals surface area contributed by atoms with Gasteiger partial charge in [0.1, 0.15) is 0 Å². The van der Waals surface area contributed by atoms with Crippen LogP contribution in [0.4, 0.5) is 0 Å². The Bertz CT molecular complexity index is 70.1. The van der Waals surface area contributed by atoms with E-state index in [0.29, 0.717) is 0 Å². The molecular formula is C3H6O5. The highest BCUT2D eigenvalue weighted by molar-refractivity contribution is 5.65. The molecule has 0 heterocycles. The molecule has 0 aromatic heterocycles. The van der Waals surface area contributed by atoms with Crippen LogP contribution in [0.2, 0.25) is 0 Å². The van der Waals surface area contributed by atoms with Crippen LogP contribution in [0.3, 0.4) is 0 Å². The summed E-state index contributed by atoms with van der Waals surface area (Å²) in [5, 5.41) is 7.37. The van der Waals surface area contributed by atoms with Crippen LogP contribution in [0.25, 0.3) is 0 Å². The molecule has 0 aliphatic heterocycles. The molecule has 48 valence electrons. The van der Waals surface area contributed by atoms with E-state index < -0.39 is 5.97 Å². The topological polar surface area (TPSA) is 54.0 Å².